The van der Waals surface area contributed by atoms with Crippen molar-refractivity contribution in [3.05, 3.63) is 10.6 Å². The summed E-state index contributed by atoms with van der Waals surface area (Å²) in [6, 6.07) is 0. The van der Waals surface area contributed by atoms with Gasteiger partial charge >= 0.3 is 0 Å². The number of methoxy groups -OCH3 is 1. The molecule has 2 rings (SSSR count). The average molecular weight is 254 g/mol. The molecule has 17 heavy (non-hydrogen) atoms. The van der Waals surface area contributed by atoms with Gasteiger partial charge in [-0.25, -0.2) is 4.98 Å². The number of nitrogens with zero attached hydrogens (tertiary/aromatic N) is 2. The van der Waals surface area contributed by atoms with Crippen molar-refractivity contribution >= 4 is 22.8 Å². The number of aromatic nitrogens is 1. The van der Waals surface area contributed by atoms with Crippen LogP contribution in [0.4, 0.5) is 5.13 Å². The number of thiazole rings is 1. The fourth-order valence-electron chi connectivity index (χ4n) is 2.25. The first-order valence-electron chi connectivity index (χ1n) is 5.91. The molecule has 1 aliphatic rings. The highest BCUT2D eigenvalue weighted by Crippen LogP contribution is 2.28. The number of aryl methyl sites for hydroxylation is 1. The number of anilines is 1. The number of ether oxygens (including phenoxy) is 1. The van der Waals surface area contributed by atoms with Crippen LogP contribution in [0.3, 0.4) is 0 Å². The average Bonchev–Trinajstić information content (AvgIpc) is 2.71. The molecule has 2 heterocycles. The Morgan fingerprint density at radius 2 is 2.47 bits per heavy atom. The Balaban J connectivity index is 2.07. The van der Waals surface area contributed by atoms with Gasteiger partial charge in [-0.15, -0.1) is 0 Å². The predicted octanol–water partition coefficient (Wildman–Crippen LogP) is 2.13. The van der Waals surface area contributed by atoms with E-state index in [4.69, 9.17) is 4.74 Å². The summed E-state index contributed by atoms with van der Waals surface area (Å²) in [5.74, 6) is 0.581. The van der Waals surface area contributed by atoms with Gasteiger partial charge in [-0.05, 0) is 25.7 Å². The molecule has 5 heteroatoms. The van der Waals surface area contributed by atoms with Crippen molar-refractivity contribution in [2.45, 2.75) is 19.8 Å². The molecule has 1 unspecified atom stereocenters. The van der Waals surface area contributed by atoms with Crippen molar-refractivity contribution in [2.24, 2.45) is 5.92 Å². The zero-order valence-corrected chi connectivity index (χ0v) is 11.1. The van der Waals surface area contributed by atoms with Gasteiger partial charge in [0.05, 0.1) is 17.2 Å². The van der Waals surface area contributed by atoms with Crippen molar-refractivity contribution in [2.75, 3.05) is 31.7 Å². The second-order valence-electron chi connectivity index (χ2n) is 4.47. The Morgan fingerprint density at radius 1 is 1.65 bits per heavy atom. The van der Waals surface area contributed by atoms with Crippen molar-refractivity contribution < 1.29 is 9.53 Å². The number of hydrogen-bond donors (Lipinski definition) is 0. The van der Waals surface area contributed by atoms with Crippen LogP contribution in [0.2, 0.25) is 0 Å². The molecule has 0 bridgehead atoms. The Kier molecular flexibility index (Phi) is 4.12. The Hall–Kier alpha value is -0.940. The van der Waals surface area contributed by atoms with E-state index in [2.05, 4.69) is 9.88 Å². The molecule has 0 N–H and O–H groups in total. The highest BCUT2D eigenvalue weighted by atomic mass is 32.1. The summed E-state index contributed by atoms with van der Waals surface area (Å²) in [6.45, 7) is 4.71. The van der Waals surface area contributed by atoms with Gasteiger partial charge in [0.1, 0.15) is 0 Å². The van der Waals surface area contributed by atoms with Crippen molar-refractivity contribution in [1.29, 1.82) is 0 Å². The normalized spacial score (nSPS) is 20.6. The third-order valence-corrected chi connectivity index (χ3v) is 4.26. The molecular formula is C12H18N2O2S. The van der Waals surface area contributed by atoms with Crippen LogP contribution in [0, 0.1) is 12.8 Å². The van der Waals surface area contributed by atoms with Crippen LogP contribution in [0.5, 0.6) is 0 Å². The maximum atomic E-state index is 10.8. The van der Waals surface area contributed by atoms with E-state index in [1.54, 1.807) is 7.11 Å². The molecule has 4 nitrogen and oxygen atoms in total. The first-order chi connectivity index (χ1) is 8.24. The van der Waals surface area contributed by atoms with Gasteiger partial charge in [-0.2, -0.15) is 0 Å². The lowest BCUT2D eigenvalue weighted by Crippen LogP contribution is -2.37. The third kappa shape index (κ3) is 2.84. The van der Waals surface area contributed by atoms with Crippen LogP contribution in [-0.2, 0) is 4.74 Å². The number of carbonyl (C=O) groups is 1. The molecule has 0 radical (unpaired) electrons. The molecule has 0 spiro atoms. The molecular weight excluding hydrogens is 236 g/mol. The largest absolute Gasteiger partial charge is 0.384 e. The standard InChI is InChI=1S/C12H18N2O2S/c1-9-11(7-15)17-12(13-9)14-5-3-4-10(6-14)8-16-2/h7,10H,3-6,8H2,1-2H3. The molecule has 1 saturated heterocycles. The van der Waals surface area contributed by atoms with Crippen LogP contribution in [0.15, 0.2) is 0 Å². The zero-order valence-electron chi connectivity index (χ0n) is 10.3. The van der Waals surface area contributed by atoms with Gasteiger partial charge in [0.25, 0.3) is 0 Å². The summed E-state index contributed by atoms with van der Waals surface area (Å²) < 4.78 is 5.22. The van der Waals surface area contributed by atoms with E-state index in [0.717, 1.165) is 41.7 Å². The maximum absolute atomic E-state index is 10.8. The highest BCUT2D eigenvalue weighted by Gasteiger charge is 2.22. The Labute approximate surface area is 106 Å². The summed E-state index contributed by atoms with van der Waals surface area (Å²) in [7, 11) is 1.75. The van der Waals surface area contributed by atoms with Crippen molar-refractivity contribution in [1.82, 2.24) is 4.98 Å². The molecule has 1 aromatic rings. The van der Waals surface area contributed by atoms with Crippen molar-refractivity contribution in [3.8, 4) is 0 Å². The summed E-state index contributed by atoms with van der Waals surface area (Å²) in [4.78, 5) is 18.3. The van der Waals surface area contributed by atoms with E-state index in [9.17, 15) is 4.79 Å². The fraction of sp³-hybridized carbons (Fsp3) is 0.667. The predicted molar refractivity (Wildman–Crippen MR) is 69.1 cm³/mol. The number of piperidine rings is 1. The van der Waals surface area contributed by atoms with Gasteiger partial charge in [-0.3, -0.25) is 4.79 Å². The van der Waals surface area contributed by atoms with Crippen LogP contribution in [0.1, 0.15) is 28.2 Å². The molecule has 0 saturated carbocycles. The smallest absolute Gasteiger partial charge is 0.186 e. The first-order valence-corrected chi connectivity index (χ1v) is 6.72. The molecule has 1 aliphatic heterocycles. The van der Waals surface area contributed by atoms with Gasteiger partial charge in [-0.1, -0.05) is 11.3 Å². The Bertz CT molecular complexity index is 390. The number of aldehydes is 1. The zero-order chi connectivity index (χ0) is 12.3. The lowest BCUT2D eigenvalue weighted by Gasteiger charge is -2.32. The SMILES string of the molecule is COCC1CCCN(c2nc(C)c(C=O)s2)C1. The van der Waals surface area contributed by atoms with Crippen LogP contribution in [-0.4, -0.2) is 38.1 Å². The van der Waals surface area contributed by atoms with Crippen LogP contribution < -0.4 is 4.90 Å². The molecule has 0 aliphatic carbocycles. The van der Waals surface area contributed by atoms with E-state index < -0.39 is 0 Å². The van der Waals surface area contributed by atoms with Gasteiger partial charge in [0, 0.05) is 20.2 Å². The number of carbonyl (C=O) groups excluding carboxylic acids is 1. The lowest BCUT2D eigenvalue weighted by molar-refractivity contribution is 0.112. The topological polar surface area (TPSA) is 42.4 Å². The van der Waals surface area contributed by atoms with Crippen molar-refractivity contribution in [3.63, 3.8) is 0 Å². The van der Waals surface area contributed by atoms with Gasteiger partial charge in [0.15, 0.2) is 11.4 Å². The van der Waals surface area contributed by atoms with E-state index in [-0.39, 0.29) is 0 Å². The summed E-state index contributed by atoms with van der Waals surface area (Å²) in [5.41, 5.74) is 0.842. The molecule has 94 valence electrons. The maximum Gasteiger partial charge on any atom is 0.186 e. The number of rotatable bonds is 4. The quantitative estimate of drug-likeness (QED) is 0.772. The Morgan fingerprint density at radius 3 is 3.12 bits per heavy atom. The first kappa shape index (κ1) is 12.5. The van der Waals surface area contributed by atoms with E-state index >= 15 is 0 Å². The van der Waals surface area contributed by atoms with E-state index in [0.29, 0.717) is 5.92 Å². The number of hydrogen-bond acceptors (Lipinski definition) is 5. The van der Waals surface area contributed by atoms with E-state index in [1.165, 1.54) is 24.2 Å². The molecule has 1 fully saturated rings. The van der Waals surface area contributed by atoms with Gasteiger partial charge < -0.3 is 9.64 Å². The van der Waals surface area contributed by atoms with E-state index in [1.807, 2.05) is 6.92 Å². The second-order valence-corrected chi connectivity index (χ2v) is 5.48. The minimum absolute atomic E-state index is 0.581. The van der Waals surface area contributed by atoms with Gasteiger partial charge in [0.2, 0.25) is 0 Å². The molecule has 0 amide bonds. The third-order valence-electron chi connectivity index (χ3n) is 3.12. The van der Waals surface area contributed by atoms with Crippen LogP contribution in [0.25, 0.3) is 0 Å². The highest BCUT2D eigenvalue weighted by molar-refractivity contribution is 7.17. The summed E-state index contributed by atoms with van der Waals surface area (Å²) >= 11 is 1.49. The molecule has 1 aromatic heterocycles. The summed E-state index contributed by atoms with van der Waals surface area (Å²) in [5, 5.41) is 0.977. The lowest BCUT2D eigenvalue weighted by atomic mass is 9.99. The second kappa shape index (κ2) is 5.60. The fourth-order valence-corrected chi connectivity index (χ4v) is 3.16. The minimum atomic E-state index is 0.581. The molecule has 0 aromatic carbocycles. The monoisotopic (exact) mass is 254 g/mol. The summed E-state index contributed by atoms with van der Waals surface area (Å²) in [6.07, 6.45) is 3.28. The van der Waals surface area contributed by atoms with Crippen LogP contribution >= 0.6 is 11.3 Å². The molecule has 1 atom stereocenters. The minimum Gasteiger partial charge on any atom is -0.384 e.